The molecule has 1 fully saturated rings. The van der Waals surface area contributed by atoms with Crippen molar-refractivity contribution in [3.63, 3.8) is 0 Å². The van der Waals surface area contributed by atoms with Gasteiger partial charge in [-0.05, 0) is 34.1 Å². The first-order valence-electron chi connectivity index (χ1n) is 6.83. The van der Waals surface area contributed by atoms with E-state index >= 15 is 0 Å². The minimum absolute atomic E-state index is 0.230. The van der Waals surface area contributed by atoms with Crippen molar-refractivity contribution in [1.29, 1.82) is 0 Å². The van der Waals surface area contributed by atoms with Crippen molar-refractivity contribution in [2.75, 3.05) is 46.1 Å². The number of likely N-dealkylation sites (tertiary alicyclic amines) is 1. The highest BCUT2D eigenvalue weighted by Gasteiger charge is 2.20. The van der Waals surface area contributed by atoms with Crippen LogP contribution in [0.3, 0.4) is 0 Å². The van der Waals surface area contributed by atoms with Gasteiger partial charge >= 0.3 is 0 Å². The van der Waals surface area contributed by atoms with E-state index in [1.54, 1.807) is 6.20 Å². The van der Waals surface area contributed by atoms with Crippen LogP contribution in [-0.4, -0.2) is 66.4 Å². The summed E-state index contributed by atoms with van der Waals surface area (Å²) in [6.45, 7) is 3.31. The summed E-state index contributed by atoms with van der Waals surface area (Å²) in [6.07, 6.45) is 2.70. The van der Waals surface area contributed by atoms with Gasteiger partial charge in [-0.1, -0.05) is 11.6 Å². The Bertz CT molecular complexity index is 516. The number of anilines is 1. The molecule has 1 aromatic heterocycles. The van der Waals surface area contributed by atoms with Crippen LogP contribution in [0.4, 0.5) is 5.69 Å². The summed E-state index contributed by atoms with van der Waals surface area (Å²) in [7, 11) is 6.00. The third kappa shape index (κ3) is 3.71. The molecule has 0 bridgehead atoms. The van der Waals surface area contributed by atoms with Gasteiger partial charge < -0.3 is 15.1 Å². The fourth-order valence-electron chi connectivity index (χ4n) is 2.29. The molecule has 20 heavy (non-hydrogen) atoms. The maximum atomic E-state index is 12.1. The van der Waals surface area contributed by atoms with Crippen LogP contribution >= 0.6 is 11.6 Å². The molecular formula is C13H22ClN5O. The second-order valence-corrected chi connectivity index (χ2v) is 5.97. The molecule has 0 amide bonds. The number of likely N-dealkylation sites (N-methyl/N-ethyl adjacent to an activating group) is 2. The molecule has 1 N–H and O–H groups in total. The molecule has 1 unspecified atom stereocenters. The lowest BCUT2D eigenvalue weighted by molar-refractivity contribution is 0.367. The fraction of sp³-hybridized carbons (Fsp3) is 0.692. The molecule has 0 aliphatic carbocycles. The molecule has 0 spiro atoms. The van der Waals surface area contributed by atoms with Crippen molar-refractivity contribution in [3.8, 4) is 0 Å². The molecule has 2 rings (SSSR count). The third-order valence-corrected chi connectivity index (χ3v) is 3.86. The normalized spacial score (nSPS) is 19.8. The number of hydrogen-bond donors (Lipinski definition) is 1. The van der Waals surface area contributed by atoms with Crippen LogP contribution in [0.1, 0.15) is 6.42 Å². The van der Waals surface area contributed by atoms with Crippen molar-refractivity contribution in [3.05, 3.63) is 21.6 Å². The average molecular weight is 300 g/mol. The van der Waals surface area contributed by atoms with Gasteiger partial charge in [0.15, 0.2) is 0 Å². The zero-order valence-corrected chi connectivity index (χ0v) is 13.0. The van der Waals surface area contributed by atoms with Crippen LogP contribution in [0, 0.1) is 0 Å². The summed E-state index contributed by atoms with van der Waals surface area (Å²) >= 11 is 6.17. The van der Waals surface area contributed by atoms with Crippen LogP contribution in [0.25, 0.3) is 0 Å². The quantitative estimate of drug-likeness (QED) is 0.862. The minimum Gasteiger partial charge on any atom is -0.378 e. The van der Waals surface area contributed by atoms with E-state index in [0.29, 0.717) is 18.3 Å². The summed E-state index contributed by atoms with van der Waals surface area (Å²) in [4.78, 5) is 16.4. The van der Waals surface area contributed by atoms with E-state index in [0.717, 1.165) is 26.1 Å². The first-order valence-corrected chi connectivity index (χ1v) is 7.20. The van der Waals surface area contributed by atoms with Crippen LogP contribution < -0.4 is 10.9 Å². The monoisotopic (exact) mass is 299 g/mol. The lowest BCUT2D eigenvalue weighted by atomic mass is 10.2. The topological polar surface area (TPSA) is 53.4 Å². The van der Waals surface area contributed by atoms with Crippen molar-refractivity contribution in [2.45, 2.75) is 19.0 Å². The van der Waals surface area contributed by atoms with Gasteiger partial charge in [0.1, 0.15) is 5.02 Å². The van der Waals surface area contributed by atoms with Gasteiger partial charge in [0.2, 0.25) is 0 Å². The fourth-order valence-corrected chi connectivity index (χ4v) is 2.49. The molecule has 6 nitrogen and oxygen atoms in total. The Morgan fingerprint density at radius 3 is 2.90 bits per heavy atom. The number of aromatic nitrogens is 2. The number of halogens is 1. The first-order chi connectivity index (χ1) is 9.47. The van der Waals surface area contributed by atoms with Crippen molar-refractivity contribution >= 4 is 17.3 Å². The summed E-state index contributed by atoms with van der Waals surface area (Å²) < 4.78 is 1.41. The maximum Gasteiger partial charge on any atom is 0.287 e. The first kappa shape index (κ1) is 15.3. The standard InChI is InChI=1S/C13H22ClN5O/c1-17(2)6-7-19-13(20)12(14)11(8-15-19)16-10-4-5-18(3)9-10/h8,10,16H,4-7,9H2,1-3H3. The Morgan fingerprint density at radius 2 is 2.30 bits per heavy atom. The van der Waals surface area contributed by atoms with Gasteiger partial charge in [0, 0.05) is 19.1 Å². The number of nitrogens with one attached hydrogen (secondary N) is 1. The Hall–Kier alpha value is -1.11. The second-order valence-electron chi connectivity index (χ2n) is 5.60. The van der Waals surface area contributed by atoms with Crippen LogP contribution in [0.5, 0.6) is 0 Å². The molecular weight excluding hydrogens is 278 g/mol. The number of rotatable bonds is 5. The van der Waals surface area contributed by atoms with E-state index in [2.05, 4.69) is 22.4 Å². The van der Waals surface area contributed by atoms with E-state index in [9.17, 15) is 4.79 Å². The lowest BCUT2D eigenvalue weighted by Gasteiger charge is -2.16. The Labute approximate surface area is 124 Å². The highest BCUT2D eigenvalue weighted by Crippen LogP contribution is 2.19. The van der Waals surface area contributed by atoms with Crippen LogP contribution in [0.2, 0.25) is 5.02 Å². The summed E-state index contributed by atoms with van der Waals surface area (Å²) in [5, 5.41) is 7.73. The summed E-state index contributed by atoms with van der Waals surface area (Å²) in [6, 6.07) is 0.330. The highest BCUT2D eigenvalue weighted by atomic mass is 35.5. The van der Waals surface area contributed by atoms with E-state index in [1.807, 2.05) is 19.0 Å². The van der Waals surface area contributed by atoms with Gasteiger partial charge in [0.05, 0.1) is 18.4 Å². The predicted octanol–water partition coefficient (Wildman–Crippen LogP) is 0.574. The zero-order chi connectivity index (χ0) is 14.7. The molecule has 0 saturated carbocycles. The third-order valence-electron chi connectivity index (χ3n) is 3.49. The molecule has 0 aromatic carbocycles. The van der Waals surface area contributed by atoms with Crippen molar-refractivity contribution in [1.82, 2.24) is 19.6 Å². The molecule has 1 atom stereocenters. The molecule has 112 valence electrons. The molecule has 0 radical (unpaired) electrons. The largest absolute Gasteiger partial charge is 0.378 e. The Balaban J connectivity index is 2.08. The van der Waals surface area contributed by atoms with E-state index in [-0.39, 0.29) is 10.6 Å². The molecule has 1 saturated heterocycles. The molecule has 1 aliphatic heterocycles. The van der Waals surface area contributed by atoms with Gasteiger partial charge in [0.25, 0.3) is 5.56 Å². The number of nitrogens with zero attached hydrogens (tertiary/aromatic N) is 4. The van der Waals surface area contributed by atoms with E-state index in [4.69, 9.17) is 11.6 Å². The molecule has 2 heterocycles. The van der Waals surface area contributed by atoms with Crippen molar-refractivity contribution in [2.24, 2.45) is 0 Å². The maximum absolute atomic E-state index is 12.1. The SMILES string of the molecule is CN(C)CCn1ncc(NC2CCN(C)C2)c(Cl)c1=O. The zero-order valence-electron chi connectivity index (χ0n) is 12.3. The molecule has 1 aromatic rings. The van der Waals surface area contributed by atoms with E-state index < -0.39 is 0 Å². The predicted molar refractivity (Wildman–Crippen MR) is 81.6 cm³/mol. The average Bonchev–Trinajstić information content (AvgIpc) is 2.79. The van der Waals surface area contributed by atoms with Gasteiger partial charge in [-0.15, -0.1) is 0 Å². The van der Waals surface area contributed by atoms with Crippen LogP contribution in [0.15, 0.2) is 11.0 Å². The van der Waals surface area contributed by atoms with Gasteiger partial charge in [-0.25, -0.2) is 4.68 Å². The summed E-state index contributed by atoms with van der Waals surface area (Å²) in [5.74, 6) is 0. The lowest BCUT2D eigenvalue weighted by Crippen LogP contribution is -2.30. The molecule has 7 heteroatoms. The van der Waals surface area contributed by atoms with Gasteiger partial charge in [-0.2, -0.15) is 5.10 Å². The minimum atomic E-state index is -0.232. The summed E-state index contributed by atoms with van der Waals surface area (Å²) in [5.41, 5.74) is 0.405. The smallest absolute Gasteiger partial charge is 0.287 e. The Morgan fingerprint density at radius 1 is 1.55 bits per heavy atom. The molecule has 1 aliphatic rings. The van der Waals surface area contributed by atoms with Crippen LogP contribution in [-0.2, 0) is 6.54 Å². The Kier molecular flexibility index (Phi) is 5.01. The van der Waals surface area contributed by atoms with Crippen molar-refractivity contribution < 1.29 is 0 Å². The van der Waals surface area contributed by atoms with Gasteiger partial charge in [-0.3, -0.25) is 4.79 Å². The second kappa shape index (κ2) is 6.56. The number of hydrogen-bond acceptors (Lipinski definition) is 5. The van der Waals surface area contributed by atoms with E-state index in [1.165, 1.54) is 4.68 Å². The highest BCUT2D eigenvalue weighted by molar-refractivity contribution is 6.32.